The molecule has 0 atom stereocenters. The zero-order chi connectivity index (χ0) is 20.9. The summed E-state index contributed by atoms with van der Waals surface area (Å²) in [7, 11) is 1.97. The average Bonchev–Trinajstić information content (AvgIpc) is 2.74. The molecule has 0 unspecified atom stereocenters. The second-order valence-corrected chi connectivity index (χ2v) is 7.92. The second-order valence-electron chi connectivity index (χ2n) is 7.92. The smallest absolute Gasteiger partial charge is 0.369 e. The molecule has 0 aliphatic carbocycles. The van der Waals surface area contributed by atoms with E-state index >= 15 is 0 Å². The van der Waals surface area contributed by atoms with E-state index in [1.54, 1.807) is 12.1 Å². The van der Waals surface area contributed by atoms with Gasteiger partial charge < -0.3 is 15.1 Å². The van der Waals surface area contributed by atoms with E-state index in [-0.39, 0.29) is 5.91 Å². The number of likely N-dealkylation sites (tertiary alicyclic amines) is 1. The summed E-state index contributed by atoms with van der Waals surface area (Å²) < 4.78 is 38.1. The Kier molecular flexibility index (Phi) is 7.40. The van der Waals surface area contributed by atoms with Crippen molar-refractivity contribution in [3.8, 4) is 0 Å². The molecule has 0 spiro atoms. The lowest BCUT2D eigenvalue weighted by Gasteiger charge is -2.36. The van der Waals surface area contributed by atoms with E-state index in [0.29, 0.717) is 12.5 Å². The highest BCUT2D eigenvalue weighted by Gasteiger charge is 2.30. The minimum Gasteiger partial charge on any atom is -0.369 e. The molecule has 0 bridgehead atoms. The number of carbonyl (C=O) groups excluding carboxylic acids is 1. The summed E-state index contributed by atoms with van der Waals surface area (Å²) in [4.78, 5) is 18.8. The van der Waals surface area contributed by atoms with Crippen LogP contribution in [0.25, 0.3) is 0 Å². The van der Waals surface area contributed by atoms with Crippen LogP contribution >= 0.6 is 0 Å². The number of anilines is 1. The highest BCUT2D eigenvalue weighted by Crippen LogP contribution is 2.30. The van der Waals surface area contributed by atoms with Crippen LogP contribution in [0.1, 0.15) is 31.2 Å². The molecule has 29 heavy (non-hydrogen) atoms. The van der Waals surface area contributed by atoms with Gasteiger partial charge in [-0.05, 0) is 57.1 Å². The molecule has 2 aliphatic rings. The van der Waals surface area contributed by atoms with Crippen molar-refractivity contribution in [2.75, 3.05) is 57.8 Å². The number of nitrogens with zero attached hydrogens (tertiary/aromatic N) is 3. The Hall–Kier alpha value is -1.80. The summed E-state index contributed by atoms with van der Waals surface area (Å²) in [6.45, 7) is 5.88. The normalized spacial score (nSPS) is 19.6. The van der Waals surface area contributed by atoms with Crippen LogP contribution in [0.15, 0.2) is 24.3 Å². The average molecular weight is 413 g/mol. The number of amides is 1. The Balaban J connectivity index is 1.35. The minimum atomic E-state index is -4.29. The molecule has 1 N–H and O–H groups in total. The van der Waals surface area contributed by atoms with Crippen LogP contribution in [0.4, 0.5) is 18.9 Å². The zero-order valence-corrected chi connectivity index (χ0v) is 17.0. The number of hydrogen-bond donors (Lipinski definition) is 1. The first kappa shape index (κ1) is 21.9. The van der Waals surface area contributed by atoms with E-state index in [2.05, 4.69) is 15.1 Å². The van der Waals surface area contributed by atoms with Crippen molar-refractivity contribution in [2.24, 2.45) is 0 Å². The molecule has 2 aliphatic heterocycles. The predicted octanol–water partition coefficient (Wildman–Crippen LogP) is 2.82. The van der Waals surface area contributed by atoms with Gasteiger partial charge in [-0.15, -0.1) is 0 Å². The maximum absolute atomic E-state index is 12.7. The molecule has 2 heterocycles. The quantitative estimate of drug-likeness (QED) is 0.780. The molecule has 5 nitrogen and oxygen atoms in total. The first-order valence-corrected chi connectivity index (χ1v) is 10.5. The fraction of sp³-hybridized carbons (Fsp3) is 0.667. The summed E-state index contributed by atoms with van der Waals surface area (Å²) >= 11 is 0. The molecule has 2 fully saturated rings. The third kappa shape index (κ3) is 6.09. The Morgan fingerprint density at radius 3 is 2.21 bits per heavy atom. The van der Waals surface area contributed by atoms with E-state index < -0.39 is 11.7 Å². The molecule has 1 aromatic carbocycles. The maximum Gasteiger partial charge on any atom is 0.416 e. The molecule has 162 valence electrons. The molecular formula is C21H31F3N4O. The molecule has 1 amide bonds. The lowest BCUT2D eigenvalue weighted by atomic mass is 10.0. The van der Waals surface area contributed by atoms with Crippen molar-refractivity contribution in [1.29, 1.82) is 0 Å². The van der Waals surface area contributed by atoms with Gasteiger partial charge in [0.05, 0.1) is 5.56 Å². The number of piperidine rings is 1. The van der Waals surface area contributed by atoms with E-state index in [0.717, 1.165) is 82.9 Å². The van der Waals surface area contributed by atoms with Gasteiger partial charge in [-0.1, -0.05) is 0 Å². The number of halogens is 3. The summed E-state index contributed by atoms with van der Waals surface area (Å²) in [5.74, 6) is 0.253. The molecular weight excluding hydrogens is 381 g/mol. The third-order valence-corrected chi connectivity index (χ3v) is 6.05. The van der Waals surface area contributed by atoms with Crippen molar-refractivity contribution in [3.63, 3.8) is 0 Å². The van der Waals surface area contributed by atoms with Crippen molar-refractivity contribution in [2.45, 2.75) is 37.9 Å². The van der Waals surface area contributed by atoms with E-state index in [1.165, 1.54) is 0 Å². The van der Waals surface area contributed by atoms with Crippen LogP contribution in [0.3, 0.4) is 0 Å². The van der Waals surface area contributed by atoms with Gasteiger partial charge in [0.2, 0.25) is 5.91 Å². The number of alkyl halides is 3. The summed E-state index contributed by atoms with van der Waals surface area (Å²) in [6, 6.07) is 5.92. The van der Waals surface area contributed by atoms with Crippen LogP contribution in [0.2, 0.25) is 0 Å². The first-order chi connectivity index (χ1) is 13.9. The summed E-state index contributed by atoms with van der Waals surface area (Å²) in [5, 5.41) is 3.28. The zero-order valence-electron chi connectivity index (χ0n) is 17.0. The summed E-state index contributed by atoms with van der Waals surface area (Å²) in [6.07, 6.45) is -0.811. The van der Waals surface area contributed by atoms with Crippen LogP contribution in [-0.2, 0) is 11.0 Å². The SMILES string of the molecule is CNC1CCN(C(=O)CCCN2CCN(c3ccc(C(F)(F)F)cc3)CC2)CC1. The topological polar surface area (TPSA) is 38.8 Å². The van der Waals surface area contributed by atoms with Gasteiger partial charge in [-0.2, -0.15) is 13.2 Å². The van der Waals surface area contributed by atoms with Crippen LogP contribution in [0, 0.1) is 0 Å². The molecule has 3 rings (SSSR count). The molecule has 0 saturated carbocycles. The van der Waals surface area contributed by atoms with Gasteiger partial charge in [-0.3, -0.25) is 9.69 Å². The van der Waals surface area contributed by atoms with Gasteiger partial charge in [-0.25, -0.2) is 0 Å². The first-order valence-electron chi connectivity index (χ1n) is 10.5. The van der Waals surface area contributed by atoms with Crippen molar-refractivity contribution in [1.82, 2.24) is 15.1 Å². The van der Waals surface area contributed by atoms with Crippen LogP contribution < -0.4 is 10.2 Å². The third-order valence-electron chi connectivity index (χ3n) is 6.05. The van der Waals surface area contributed by atoms with Crippen LogP contribution in [-0.4, -0.2) is 74.6 Å². The second kappa shape index (κ2) is 9.80. The Labute approximate surface area is 170 Å². The lowest BCUT2D eigenvalue weighted by molar-refractivity contribution is -0.137. The monoisotopic (exact) mass is 412 g/mol. The van der Waals surface area contributed by atoms with Crippen molar-refractivity contribution < 1.29 is 18.0 Å². The van der Waals surface area contributed by atoms with Crippen LogP contribution in [0.5, 0.6) is 0 Å². The highest BCUT2D eigenvalue weighted by molar-refractivity contribution is 5.76. The van der Waals surface area contributed by atoms with Gasteiger partial charge in [0.25, 0.3) is 0 Å². The summed E-state index contributed by atoms with van der Waals surface area (Å²) in [5.41, 5.74) is 0.220. The fourth-order valence-corrected chi connectivity index (χ4v) is 4.12. The maximum atomic E-state index is 12.7. The van der Waals surface area contributed by atoms with Gasteiger partial charge >= 0.3 is 6.18 Å². The van der Waals surface area contributed by atoms with E-state index in [1.807, 2.05) is 11.9 Å². The molecule has 0 aromatic heterocycles. The predicted molar refractivity (Wildman–Crippen MR) is 108 cm³/mol. The Morgan fingerprint density at radius 2 is 1.66 bits per heavy atom. The largest absolute Gasteiger partial charge is 0.416 e. The fourth-order valence-electron chi connectivity index (χ4n) is 4.12. The number of benzene rings is 1. The number of hydrogen-bond acceptors (Lipinski definition) is 4. The molecule has 0 radical (unpaired) electrons. The molecule has 8 heteroatoms. The Morgan fingerprint density at radius 1 is 1.03 bits per heavy atom. The van der Waals surface area contributed by atoms with Gasteiger partial charge in [0.15, 0.2) is 0 Å². The Bertz CT molecular complexity index is 649. The number of carbonyl (C=O) groups is 1. The number of rotatable bonds is 6. The molecule has 2 saturated heterocycles. The molecule has 1 aromatic rings. The van der Waals surface area contributed by atoms with E-state index in [4.69, 9.17) is 0 Å². The minimum absolute atomic E-state index is 0.253. The van der Waals surface area contributed by atoms with E-state index in [9.17, 15) is 18.0 Å². The lowest BCUT2D eigenvalue weighted by Crippen LogP contribution is -2.47. The standard InChI is InChI=1S/C21H31F3N4O/c1-25-18-8-11-28(12-9-18)20(29)3-2-10-26-13-15-27(16-14-26)19-6-4-17(5-7-19)21(22,23)24/h4-7,18,25H,2-3,8-16H2,1H3. The number of nitrogens with one attached hydrogen (secondary N) is 1. The number of piperazine rings is 1. The highest BCUT2D eigenvalue weighted by atomic mass is 19.4. The van der Waals surface area contributed by atoms with Crippen molar-refractivity contribution >= 4 is 11.6 Å². The van der Waals surface area contributed by atoms with Gasteiger partial charge in [0, 0.05) is 57.4 Å². The van der Waals surface area contributed by atoms with Crippen molar-refractivity contribution in [3.05, 3.63) is 29.8 Å². The van der Waals surface area contributed by atoms with Gasteiger partial charge in [0.1, 0.15) is 0 Å².